The second-order valence-electron chi connectivity index (χ2n) is 10.8. The van der Waals surface area contributed by atoms with Crippen LogP contribution in [0.5, 0.6) is 0 Å². The highest BCUT2D eigenvalue weighted by atomic mass is 32.1. The number of nitrogens with zero attached hydrogens (tertiary/aromatic N) is 3. The zero-order valence-corrected chi connectivity index (χ0v) is 23.8. The first-order valence-electron chi connectivity index (χ1n) is 14.4. The zero-order chi connectivity index (χ0) is 28.3. The van der Waals surface area contributed by atoms with Crippen LogP contribution >= 0.6 is 11.3 Å². The molecule has 200 valence electrons. The molecule has 0 saturated heterocycles. The summed E-state index contributed by atoms with van der Waals surface area (Å²) in [5.74, 6) is 2.00. The third-order valence-electron chi connectivity index (χ3n) is 8.28. The normalized spacial score (nSPS) is 11.7. The van der Waals surface area contributed by atoms with Crippen LogP contribution in [0.2, 0.25) is 0 Å². The number of aromatic nitrogens is 3. The molecular weight excluding hydrogens is 543 g/mol. The minimum Gasteiger partial charge on any atom is -0.208 e. The van der Waals surface area contributed by atoms with E-state index in [1.807, 2.05) is 72.0 Å². The number of thiophene rings is 1. The predicted molar refractivity (Wildman–Crippen MR) is 182 cm³/mol. The number of hydrogen-bond acceptors (Lipinski definition) is 4. The zero-order valence-electron chi connectivity index (χ0n) is 23.0. The summed E-state index contributed by atoms with van der Waals surface area (Å²) in [5.41, 5.74) is 2.90. The van der Waals surface area contributed by atoms with Gasteiger partial charge in [-0.3, -0.25) is 0 Å². The van der Waals surface area contributed by atoms with Crippen molar-refractivity contribution >= 4 is 63.8 Å². The fourth-order valence-electron chi connectivity index (χ4n) is 6.26. The van der Waals surface area contributed by atoms with Crippen LogP contribution in [0.4, 0.5) is 0 Å². The molecule has 43 heavy (non-hydrogen) atoms. The highest BCUT2D eigenvalue weighted by molar-refractivity contribution is 7.26. The number of hydrogen-bond donors (Lipinski definition) is 0. The second kappa shape index (κ2) is 9.55. The maximum atomic E-state index is 4.97. The molecule has 0 bridgehead atoms. The van der Waals surface area contributed by atoms with E-state index in [1.54, 1.807) is 0 Å². The summed E-state index contributed by atoms with van der Waals surface area (Å²) in [4.78, 5) is 14.8. The van der Waals surface area contributed by atoms with Crippen LogP contribution in [0.15, 0.2) is 140 Å². The lowest BCUT2D eigenvalue weighted by Gasteiger charge is -2.12. The van der Waals surface area contributed by atoms with Crippen molar-refractivity contribution in [3.63, 3.8) is 0 Å². The van der Waals surface area contributed by atoms with Gasteiger partial charge in [0.15, 0.2) is 17.5 Å². The molecule has 0 unspecified atom stereocenters. The number of rotatable bonds is 3. The van der Waals surface area contributed by atoms with Crippen LogP contribution in [-0.4, -0.2) is 15.0 Å². The van der Waals surface area contributed by atoms with E-state index in [4.69, 9.17) is 15.0 Å². The molecule has 3 nitrogen and oxygen atoms in total. The van der Waals surface area contributed by atoms with Gasteiger partial charge < -0.3 is 0 Å². The van der Waals surface area contributed by atoms with Gasteiger partial charge in [0, 0.05) is 36.9 Å². The van der Waals surface area contributed by atoms with Crippen LogP contribution in [-0.2, 0) is 0 Å². The van der Waals surface area contributed by atoms with Gasteiger partial charge in [0.1, 0.15) is 0 Å². The topological polar surface area (TPSA) is 38.7 Å². The molecule has 0 N–H and O–H groups in total. The quantitative estimate of drug-likeness (QED) is 0.200. The van der Waals surface area contributed by atoms with Crippen molar-refractivity contribution in [2.75, 3.05) is 0 Å². The molecule has 7 aromatic carbocycles. The van der Waals surface area contributed by atoms with E-state index in [9.17, 15) is 0 Å². The summed E-state index contributed by atoms with van der Waals surface area (Å²) in [6, 6.07) is 49.1. The molecule has 2 aromatic heterocycles. The lowest BCUT2D eigenvalue weighted by Crippen LogP contribution is -2.00. The van der Waals surface area contributed by atoms with E-state index in [1.165, 1.54) is 47.1 Å². The van der Waals surface area contributed by atoms with Crippen LogP contribution in [0, 0.1) is 0 Å². The Bertz CT molecular complexity index is 2440. The second-order valence-corrected chi connectivity index (χ2v) is 11.9. The van der Waals surface area contributed by atoms with Crippen molar-refractivity contribution in [1.29, 1.82) is 0 Å². The van der Waals surface area contributed by atoms with E-state index in [-0.39, 0.29) is 0 Å². The molecule has 9 aromatic rings. The molecule has 0 radical (unpaired) electrons. The van der Waals surface area contributed by atoms with Crippen molar-refractivity contribution in [3.8, 4) is 34.2 Å². The van der Waals surface area contributed by atoms with Crippen molar-refractivity contribution in [1.82, 2.24) is 15.0 Å². The Hall–Kier alpha value is -5.45. The summed E-state index contributed by atoms with van der Waals surface area (Å²) >= 11 is 1.87. The van der Waals surface area contributed by atoms with Gasteiger partial charge in [-0.2, -0.15) is 0 Å². The third kappa shape index (κ3) is 3.92. The minimum atomic E-state index is 0.666. The lowest BCUT2D eigenvalue weighted by molar-refractivity contribution is 1.07. The molecule has 0 atom stereocenters. The average Bonchev–Trinajstić information content (AvgIpc) is 3.47. The van der Waals surface area contributed by atoms with Gasteiger partial charge in [0.2, 0.25) is 0 Å². The van der Waals surface area contributed by atoms with Crippen LogP contribution in [0.3, 0.4) is 0 Å². The van der Waals surface area contributed by atoms with E-state index in [0.29, 0.717) is 17.5 Å². The SMILES string of the molecule is c1ccc(-c2nc(-c3ccccc3)nc(-c3ccc4c(ccc5ccc6ccc7sc8ccccc8c7c6c54)c3)n2)cc1. The highest BCUT2D eigenvalue weighted by Crippen LogP contribution is 2.43. The first kappa shape index (κ1) is 24.2. The molecule has 2 heterocycles. The van der Waals surface area contributed by atoms with Gasteiger partial charge in [0.25, 0.3) is 0 Å². The number of fused-ring (bicyclic) bond motifs is 9. The maximum Gasteiger partial charge on any atom is 0.164 e. The molecule has 0 aliphatic heterocycles. The standard InChI is InChI=1S/C39H23N3S/c1-3-9-26(10-4-1)37-40-38(27-11-5-2-6-12-27)42-39(41-37)29-19-21-30-28(23-29)18-17-24-15-16-25-20-22-33-36(35(25)34(24)30)31-13-7-8-14-32(31)43-33/h1-23H. The Balaban J connectivity index is 1.30. The van der Waals surface area contributed by atoms with Gasteiger partial charge in [-0.05, 0) is 50.5 Å². The lowest BCUT2D eigenvalue weighted by atomic mass is 9.93. The smallest absolute Gasteiger partial charge is 0.164 e. The summed E-state index contributed by atoms with van der Waals surface area (Å²) in [6.45, 7) is 0. The molecule has 0 aliphatic carbocycles. The van der Waals surface area contributed by atoms with E-state index < -0.39 is 0 Å². The van der Waals surface area contributed by atoms with Gasteiger partial charge in [-0.15, -0.1) is 11.3 Å². The van der Waals surface area contributed by atoms with Crippen LogP contribution in [0.1, 0.15) is 0 Å². The van der Waals surface area contributed by atoms with Crippen LogP contribution in [0.25, 0.3) is 86.7 Å². The van der Waals surface area contributed by atoms with Crippen molar-refractivity contribution in [2.45, 2.75) is 0 Å². The molecule has 0 fully saturated rings. The summed E-state index contributed by atoms with van der Waals surface area (Å²) in [6.07, 6.45) is 0. The fraction of sp³-hybridized carbons (Fsp3) is 0. The molecule has 4 heteroatoms. The van der Waals surface area contributed by atoms with E-state index in [0.717, 1.165) is 22.1 Å². The van der Waals surface area contributed by atoms with Crippen molar-refractivity contribution in [3.05, 3.63) is 140 Å². The summed E-state index contributed by atoms with van der Waals surface area (Å²) in [5, 5.41) is 10.2. The Labute approximate surface area is 251 Å². The Morgan fingerprint density at radius 3 is 1.60 bits per heavy atom. The average molecular weight is 566 g/mol. The van der Waals surface area contributed by atoms with Crippen LogP contribution < -0.4 is 0 Å². The molecule has 0 amide bonds. The van der Waals surface area contributed by atoms with Gasteiger partial charge in [-0.25, -0.2) is 15.0 Å². The number of benzene rings is 7. The highest BCUT2D eigenvalue weighted by Gasteiger charge is 2.16. The van der Waals surface area contributed by atoms with E-state index in [2.05, 4.69) is 78.9 Å². The molecule has 9 rings (SSSR count). The molecule has 0 saturated carbocycles. The fourth-order valence-corrected chi connectivity index (χ4v) is 7.38. The minimum absolute atomic E-state index is 0.666. The Morgan fingerprint density at radius 2 is 0.907 bits per heavy atom. The molecule has 0 spiro atoms. The van der Waals surface area contributed by atoms with Crippen molar-refractivity contribution in [2.24, 2.45) is 0 Å². The third-order valence-corrected chi connectivity index (χ3v) is 9.41. The monoisotopic (exact) mass is 565 g/mol. The summed E-state index contributed by atoms with van der Waals surface area (Å²) < 4.78 is 2.64. The first-order chi connectivity index (χ1) is 21.3. The van der Waals surface area contributed by atoms with Crippen molar-refractivity contribution < 1.29 is 0 Å². The Morgan fingerprint density at radius 1 is 0.349 bits per heavy atom. The summed E-state index contributed by atoms with van der Waals surface area (Å²) in [7, 11) is 0. The van der Waals surface area contributed by atoms with Gasteiger partial charge in [0.05, 0.1) is 0 Å². The molecular formula is C39H23N3S. The van der Waals surface area contributed by atoms with E-state index >= 15 is 0 Å². The molecule has 0 aliphatic rings. The van der Waals surface area contributed by atoms with Gasteiger partial charge >= 0.3 is 0 Å². The first-order valence-corrected chi connectivity index (χ1v) is 15.2. The van der Waals surface area contributed by atoms with Gasteiger partial charge in [-0.1, -0.05) is 121 Å². The maximum absolute atomic E-state index is 4.97. The predicted octanol–water partition coefficient (Wildman–Crippen LogP) is 10.7. The largest absolute Gasteiger partial charge is 0.208 e. The Kier molecular flexibility index (Phi) is 5.37.